The third kappa shape index (κ3) is 3.79. The van der Waals surface area contributed by atoms with Crippen LogP contribution in [-0.2, 0) is 4.79 Å². The number of carboxylic acid groups (broad SMARTS) is 1. The molecule has 0 fully saturated rings. The lowest BCUT2D eigenvalue weighted by Gasteiger charge is -2.18. The normalized spacial score (nSPS) is 13.7. The average molecular weight is 254 g/mol. The molecule has 0 spiro atoms. The van der Waals surface area contributed by atoms with Crippen molar-refractivity contribution in [2.75, 3.05) is 6.54 Å². The number of aromatic nitrogens is 1. The van der Waals surface area contributed by atoms with Crippen molar-refractivity contribution in [2.24, 2.45) is 0 Å². The first-order chi connectivity index (χ1) is 8.41. The SMILES string of the molecule is CC(=O)NCC(O)C(O)c1ccc(C(=O)O)nc1. The monoisotopic (exact) mass is 254 g/mol. The number of pyridine rings is 1. The fourth-order valence-electron chi connectivity index (χ4n) is 1.29. The van der Waals surface area contributed by atoms with Gasteiger partial charge in [0.1, 0.15) is 17.9 Å². The van der Waals surface area contributed by atoms with E-state index >= 15 is 0 Å². The van der Waals surface area contributed by atoms with Gasteiger partial charge in [-0.1, -0.05) is 6.07 Å². The fraction of sp³-hybridized carbons (Fsp3) is 0.364. The van der Waals surface area contributed by atoms with Crippen molar-refractivity contribution in [2.45, 2.75) is 19.1 Å². The average Bonchev–Trinajstić information content (AvgIpc) is 2.35. The number of hydrogen-bond donors (Lipinski definition) is 4. The molecule has 0 aliphatic carbocycles. The highest BCUT2D eigenvalue weighted by atomic mass is 16.4. The highest BCUT2D eigenvalue weighted by molar-refractivity contribution is 5.85. The molecule has 0 aliphatic heterocycles. The van der Waals surface area contributed by atoms with Gasteiger partial charge in [0.2, 0.25) is 5.91 Å². The lowest BCUT2D eigenvalue weighted by molar-refractivity contribution is -0.119. The van der Waals surface area contributed by atoms with Crippen molar-refractivity contribution in [3.63, 3.8) is 0 Å². The predicted octanol–water partition coefficient (Wildman–Crippen LogP) is -0.690. The Labute approximate surface area is 103 Å². The van der Waals surface area contributed by atoms with Crippen LogP contribution in [0.15, 0.2) is 18.3 Å². The number of amides is 1. The molecule has 0 saturated carbocycles. The first kappa shape index (κ1) is 14.1. The quantitative estimate of drug-likeness (QED) is 0.552. The fourth-order valence-corrected chi connectivity index (χ4v) is 1.29. The molecule has 1 heterocycles. The topological polar surface area (TPSA) is 120 Å². The van der Waals surface area contributed by atoms with Crippen molar-refractivity contribution in [3.8, 4) is 0 Å². The van der Waals surface area contributed by atoms with Crippen LogP contribution in [0.5, 0.6) is 0 Å². The van der Waals surface area contributed by atoms with Crippen LogP contribution in [-0.4, -0.2) is 44.8 Å². The van der Waals surface area contributed by atoms with E-state index in [1.54, 1.807) is 0 Å². The molecule has 98 valence electrons. The van der Waals surface area contributed by atoms with E-state index in [0.29, 0.717) is 0 Å². The summed E-state index contributed by atoms with van der Waals surface area (Å²) in [7, 11) is 0. The number of rotatable bonds is 5. The van der Waals surface area contributed by atoms with Crippen molar-refractivity contribution >= 4 is 11.9 Å². The van der Waals surface area contributed by atoms with Gasteiger partial charge in [-0.15, -0.1) is 0 Å². The molecule has 7 nitrogen and oxygen atoms in total. The summed E-state index contributed by atoms with van der Waals surface area (Å²) in [4.78, 5) is 24.8. The van der Waals surface area contributed by atoms with Crippen LogP contribution in [0.4, 0.5) is 0 Å². The maximum absolute atomic E-state index is 10.6. The minimum Gasteiger partial charge on any atom is -0.477 e. The van der Waals surface area contributed by atoms with Crippen molar-refractivity contribution in [1.82, 2.24) is 10.3 Å². The molecule has 1 aromatic rings. The zero-order chi connectivity index (χ0) is 13.7. The first-order valence-corrected chi connectivity index (χ1v) is 5.21. The Morgan fingerprint density at radius 3 is 2.50 bits per heavy atom. The molecule has 0 aromatic carbocycles. The van der Waals surface area contributed by atoms with E-state index in [9.17, 15) is 19.8 Å². The van der Waals surface area contributed by atoms with E-state index in [4.69, 9.17) is 5.11 Å². The number of carbonyl (C=O) groups is 2. The molecule has 0 bridgehead atoms. The second-order valence-electron chi connectivity index (χ2n) is 3.73. The molecule has 18 heavy (non-hydrogen) atoms. The third-order valence-electron chi connectivity index (χ3n) is 2.27. The van der Waals surface area contributed by atoms with Crippen molar-refractivity contribution in [3.05, 3.63) is 29.6 Å². The van der Waals surface area contributed by atoms with Gasteiger partial charge in [-0.25, -0.2) is 9.78 Å². The zero-order valence-corrected chi connectivity index (χ0v) is 9.70. The summed E-state index contributed by atoms with van der Waals surface area (Å²) in [5.74, 6) is -1.49. The molecule has 0 saturated heterocycles. The highest BCUT2D eigenvalue weighted by Gasteiger charge is 2.19. The standard InChI is InChI=1S/C11H14N2O5/c1-6(14)12-5-9(15)10(16)7-2-3-8(11(17)18)13-4-7/h2-4,9-10,15-16H,5H2,1H3,(H,12,14)(H,17,18). The molecule has 7 heteroatoms. The summed E-state index contributed by atoms with van der Waals surface area (Å²) >= 11 is 0. The lowest BCUT2D eigenvalue weighted by atomic mass is 10.1. The van der Waals surface area contributed by atoms with Crippen LogP contribution < -0.4 is 5.32 Å². The van der Waals surface area contributed by atoms with Crippen molar-refractivity contribution in [1.29, 1.82) is 0 Å². The summed E-state index contributed by atoms with van der Waals surface area (Å²) in [6.45, 7) is 1.19. The number of aromatic carboxylic acids is 1. The highest BCUT2D eigenvalue weighted by Crippen LogP contribution is 2.15. The van der Waals surface area contributed by atoms with Crippen LogP contribution >= 0.6 is 0 Å². The third-order valence-corrected chi connectivity index (χ3v) is 2.27. The van der Waals surface area contributed by atoms with Gasteiger partial charge in [-0.2, -0.15) is 0 Å². The van der Waals surface area contributed by atoms with E-state index in [-0.39, 0.29) is 23.7 Å². The van der Waals surface area contributed by atoms with Crippen LogP contribution in [0, 0.1) is 0 Å². The summed E-state index contributed by atoms with van der Waals surface area (Å²) in [5.41, 5.74) is 0.125. The van der Waals surface area contributed by atoms with Gasteiger partial charge in [-0.05, 0) is 6.07 Å². The van der Waals surface area contributed by atoms with Gasteiger partial charge in [-0.3, -0.25) is 4.79 Å². The summed E-state index contributed by atoms with van der Waals surface area (Å²) in [6, 6.07) is 2.59. The van der Waals surface area contributed by atoms with E-state index in [1.807, 2.05) is 0 Å². The van der Waals surface area contributed by atoms with Crippen LogP contribution in [0.3, 0.4) is 0 Å². The summed E-state index contributed by atoms with van der Waals surface area (Å²) < 4.78 is 0. The molecule has 0 radical (unpaired) electrons. The van der Waals surface area contributed by atoms with E-state index in [0.717, 1.165) is 0 Å². The first-order valence-electron chi connectivity index (χ1n) is 5.21. The lowest BCUT2D eigenvalue weighted by Crippen LogP contribution is -2.34. The van der Waals surface area contributed by atoms with Gasteiger partial charge in [0.15, 0.2) is 0 Å². The van der Waals surface area contributed by atoms with E-state index < -0.39 is 18.2 Å². The van der Waals surface area contributed by atoms with Gasteiger partial charge < -0.3 is 20.6 Å². The van der Waals surface area contributed by atoms with E-state index in [1.165, 1.54) is 25.3 Å². The maximum Gasteiger partial charge on any atom is 0.354 e. The maximum atomic E-state index is 10.6. The Kier molecular flexibility index (Phi) is 4.75. The zero-order valence-electron chi connectivity index (χ0n) is 9.70. The van der Waals surface area contributed by atoms with Gasteiger partial charge in [0, 0.05) is 25.2 Å². The molecule has 1 aromatic heterocycles. The van der Waals surface area contributed by atoms with Gasteiger partial charge >= 0.3 is 5.97 Å². The molecule has 2 unspecified atom stereocenters. The van der Waals surface area contributed by atoms with Crippen LogP contribution in [0.1, 0.15) is 29.1 Å². The number of carbonyl (C=O) groups excluding carboxylic acids is 1. The molecular weight excluding hydrogens is 240 g/mol. The predicted molar refractivity (Wildman–Crippen MR) is 60.8 cm³/mol. The Bertz CT molecular complexity index is 432. The molecule has 0 aliphatic rings. The molecule has 1 rings (SSSR count). The number of nitrogens with zero attached hydrogens (tertiary/aromatic N) is 1. The minimum absolute atomic E-state index is 0.100. The van der Waals surface area contributed by atoms with Crippen molar-refractivity contribution < 1.29 is 24.9 Å². The largest absolute Gasteiger partial charge is 0.477 e. The Balaban J connectivity index is 2.68. The minimum atomic E-state index is -1.24. The Morgan fingerprint density at radius 1 is 1.39 bits per heavy atom. The summed E-state index contributed by atoms with van der Waals surface area (Å²) in [6.07, 6.45) is -1.26. The van der Waals surface area contributed by atoms with E-state index in [2.05, 4.69) is 10.3 Å². The summed E-state index contributed by atoms with van der Waals surface area (Å²) in [5, 5.41) is 30.3. The Hall–Kier alpha value is -1.99. The second kappa shape index (κ2) is 6.08. The second-order valence-corrected chi connectivity index (χ2v) is 3.73. The molecule has 2 atom stereocenters. The van der Waals surface area contributed by atoms with Crippen LogP contribution in [0.25, 0.3) is 0 Å². The molecular formula is C11H14N2O5. The van der Waals surface area contributed by atoms with Gasteiger partial charge in [0.25, 0.3) is 0 Å². The van der Waals surface area contributed by atoms with Gasteiger partial charge in [0.05, 0.1) is 0 Å². The smallest absolute Gasteiger partial charge is 0.354 e. The van der Waals surface area contributed by atoms with Crippen LogP contribution in [0.2, 0.25) is 0 Å². The number of carboxylic acids is 1. The number of aliphatic hydroxyl groups excluding tert-OH is 2. The molecule has 4 N–H and O–H groups in total. The number of nitrogens with one attached hydrogen (secondary N) is 1. The number of aliphatic hydroxyl groups is 2. The number of hydrogen-bond acceptors (Lipinski definition) is 5. The Morgan fingerprint density at radius 2 is 2.06 bits per heavy atom. The molecule has 1 amide bonds.